The molecule has 2 heteroatoms. The van der Waals surface area contributed by atoms with E-state index in [0.29, 0.717) is 0 Å². The van der Waals surface area contributed by atoms with E-state index < -0.39 is 0 Å². The molecule has 1 N–H and O–H groups in total. The summed E-state index contributed by atoms with van der Waals surface area (Å²) in [6, 6.07) is 2.06. The zero-order chi connectivity index (χ0) is 9.68. The van der Waals surface area contributed by atoms with Crippen LogP contribution in [0.25, 0.3) is 0 Å². The summed E-state index contributed by atoms with van der Waals surface area (Å²) in [7, 11) is 0. The largest absolute Gasteiger partial charge is 0.283 e. The molecule has 74 valence electrons. The van der Waals surface area contributed by atoms with Crippen LogP contribution >= 0.6 is 0 Å². The Labute approximate surface area is 80.7 Å². The topological polar surface area (TPSA) is 28.7 Å². The Bertz CT molecular complexity index is 214. The van der Waals surface area contributed by atoms with Gasteiger partial charge in [0.25, 0.3) is 0 Å². The Morgan fingerprint density at radius 3 is 2.69 bits per heavy atom. The van der Waals surface area contributed by atoms with Crippen LogP contribution in [0, 0.1) is 11.8 Å². The fourth-order valence-electron chi connectivity index (χ4n) is 1.75. The highest BCUT2D eigenvalue weighted by Crippen LogP contribution is 2.16. The van der Waals surface area contributed by atoms with Crippen LogP contribution in [0.15, 0.2) is 12.3 Å². The molecule has 0 radical (unpaired) electrons. The number of nitrogens with one attached hydrogen (secondary N) is 1. The van der Waals surface area contributed by atoms with Crippen molar-refractivity contribution in [2.24, 2.45) is 11.8 Å². The minimum Gasteiger partial charge on any atom is -0.283 e. The maximum atomic E-state index is 3.94. The van der Waals surface area contributed by atoms with Gasteiger partial charge in [-0.1, -0.05) is 20.8 Å². The minimum atomic E-state index is 0.816. The van der Waals surface area contributed by atoms with Gasteiger partial charge in [-0.3, -0.25) is 5.10 Å². The Morgan fingerprint density at radius 2 is 2.15 bits per heavy atom. The zero-order valence-electron chi connectivity index (χ0n) is 8.88. The summed E-state index contributed by atoms with van der Waals surface area (Å²) in [4.78, 5) is 0. The van der Waals surface area contributed by atoms with Gasteiger partial charge in [0, 0.05) is 11.9 Å². The molecule has 0 saturated carbocycles. The first-order chi connectivity index (χ1) is 6.18. The van der Waals surface area contributed by atoms with Gasteiger partial charge in [0.1, 0.15) is 0 Å². The fourth-order valence-corrected chi connectivity index (χ4v) is 1.75. The third-order valence-corrected chi connectivity index (χ3v) is 2.34. The molecule has 0 aliphatic rings. The molecule has 2 nitrogen and oxygen atoms in total. The standard InChI is InChI=1S/C11H20N2/c1-9(2)8-10(3)4-5-11-6-7-12-13-11/h6-7,9-10H,4-5,8H2,1-3H3,(H,12,13). The lowest BCUT2D eigenvalue weighted by Gasteiger charge is -2.12. The van der Waals surface area contributed by atoms with Gasteiger partial charge in [-0.15, -0.1) is 0 Å². The van der Waals surface area contributed by atoms with E-state index in [1.54, 1.807) is 0 Å². The van der Waals surface area contributed by atoms with Crippen molar-refractivity contribution >= 4 is 0 Å². The van der Waals surface area contributed by atoms with Crippen molar-refractivity contribution in [3.63, 3.8) is 0 Å². The molecular formula is C11H20N2. The van der Waals surface area contributed by atoms with Crippen molar-refractivity contribution in [2.45, 2.75) is 40.0 Å². The second kappa shape index (κ2) is 5.05. The van der Waals surface area contributed by atoms with Gasteiger partial charge in [-0.25, -0.2) is 0 Å². The summed E-state index contributed by atoms with van der Waals surface area (Å²) in [5.41, 5.74) is 1.26. The second-order valence-electron chi connectivity index (χ2n) is 4.36. The van der Waals surface area contributed by atoms with E-state index in [9.17, 15) is 0 Å². The van der Waals surface area contributed by atoms with Gasteiger partial charge in [0.2, 0.25) is 0 Å². The van der Waals surface area contributed by atoms with Crippen LogP contribution in [0.5, 0.6) is 0 Å². The summed E-state index contributed by atoms with van der Waals surface area (Å²) in [5, 5.41) is 6.93. The van der Waals surface area contributed by atoms with Crippen molar-refractivity contribution in [3.8, 4) is 0 Å². The van der Waals surface area contributed by atoms with Crippen LogP contribution in [-0.4, -0.2) is 10.2 Å². The van der Waals surface area contributed by atoms with Crippen molar-refractivity contribution in [2.75, 3.05) is 0 Å². The minimum absolute atomic E-state index is 0.816. The molecule has 1 unspecified atom stereocenters. The van der Waals surface area contributed by atoms with E-state index in [1.165, 1.54) is 18.5 Å². The predicted octanol–water partition coefficient (Wildman–Crippen LogP) is 3.02. The van der Waals surface area contributed by atoms with Crippen molar-refractivity contribution in [1.29, 1.82) is 0 Å². The van der Waals surface area contributed by atoms with Crippen LogP contribution in [0.1, 0.15) is 39.3 Å². The molecule has 1 aromatic rings. The van der Waals surface area contributed by atoms with Crippen molar-refractivity contribution in [3.05, 3.63) is 18.0 Å². The molecule has 0 saturated heterocycles. The number of aromatic amines is 1. The lowest BCUT2D eigenvalue weighted by atomic mass is 9.94. The Morgan fingerprint density at radius 1 is 1.38 bits per heavy atom. The van der Waals surface area contributed by atoms with Gasteiger partial charge in [-0.05, 0) is 37.2 Å². The van der Waals surface area contributed by atoms with Gasteiger partial charge < -0.3 is 0 Å². The van der Waals surface area contributed by atoms with E-state index in [0.717, 1.165) is 18.3 Å². The molecule has 1 heterocycles. The molecule has 0 amide bonds. The Balaban J connectivity index is 2.19. The first kappa shape index (κ1) is 10.3. The average Bonchev–Trinajstić information content (AvgIpc) is 2.51. The number of aryl methyl sites for hydroxylation is 1. The van der Waals surface area contributed by atoms with Gasteiger partial charge in [0.15, 0.2) is 0 Å². The van der Waals surface area contributed by atoms with Crippen molar-refractivity contribution < 1.29 is 0 Å². The molecule has 1 atom stereocenters. The zero-order valence-corrected chi connectivity index (χ0v) is 8.88. The third kappa shape index (κ3) is 4.11. The molecule has 0 aromatic carbocycles. The third-order valence-electron chi connectivity index (χ3n) is 2.34. The van der Waals surface area contributed by atoms with E-state index in [2.05, 4.69) is 37.0 Å². The summed E-state index contributed by atoms with van der Waals surface area (Å²) in [6.45, 7) is 6.90. The normalized spacial score (nSPS) is 13.5. The van der Waals surface area contributed by atoms with Crippen LogP contribution in [0.3, 0.4) is 0 Å². The van der Waals surface area contributed by atoms with Crippen LogP contribution < -0.4 is 0 Å². The van der Waals surface area contributed by atoms with Crippen LogP contribution in [-0.2, 0) is 6.42 Å². The quantitative estimate of drug-likeness (QED) is 0.741. The lowest BCUT2D eigenvalue weighted by Crippen LogP contribution is -2.02. The fraction of sp³-hybridized carbons (Fsp3) is 0.727. The number of nitrogens with zero attached hydrogens (tertiary/aromatic N) is 1. The van der Waals surface area contributed by atoms with E-state index in [-0.39, 0.29) is 0 Å². The molecule has 0 aliphatic carbocycles. The first-order valence-corrected chi connectivity index (χ1v) is 5.16. The molecule has 1 aromatic heterocycles. The first-order valence-electron chi connectivity index (χ1n) is 5.16. The van der Waals surface area contributed by atoms with Crippen LogP contribution in [0.2, 0.25) is 0 Å². The molecular weight excluding hydrogens is 160 g/mol. The molecule has 0 fully saturated rings. The Kier molecular flexibility index (Phi) is 4.00. The SMILES string of the molecule is CC(C)CC(C)CCc1ccn[nH]1. The van der Waals surface area contributed by atoms with E-state index in [4.69, 9.17) is 0 Å². The monoisotopic (exact) mass is 180 g/mol. The molecule has 0 aliphatic heterocycles. The van der Waals surface area contributed by atoms with E-state index >= 15 is 0 Å². The molecule has 0 spiro atoms. The average molecular weight is 180 g/mol. The number of hydrogen-bond acceptors (Lipinski definition) is 1. The summed E-state index contributed by atoms with van der Waals surface area (Å²) >= 11 is 0. The van der Waals surface area contributed by atoms with Gasteiger partial charge in [-0.2, -0.15) is 5.10 Å². The van der Waals surface area contributed by atoms with Gasteiger partial charge >= 0.3 is 0 Å². The number of aromatic nitrogens is 2. The summed E-state index contributed by atoms with van der Waals surface area (Å²) in [5.74, 6) is 1.64. The highest BCUT2D eigenvalue weighted by Gasteiger charge is 2.05. The maximum absolute atomic E-state index is 3.94. The second-order valence-corrected chi connectivity index (χ2v) is 4.36. The summed E-state index contributed by atoms with van der Waals surface area (Å²) in [6.07, 6.45) is 5.55. The smallest absolute Gasteiger partial charge is 0.0490 e. The number of rotatable bonds is 5. The van der Waals surface area contributed by atoms with Gasteiger partial charge in [0.05, 0.1) is 0 Å². The van der Waals surface area contributed by atoms with E-state index in [1.807, 2.05) is 6.20 Å². The predicted molar refractivity (Wildman–Crippen MR) is 55.5 cm³/mol. The molecule has 0 bridgehead atoms. The number of H-pyrrole nitrogens is 1. The number of hydrogen-bond donors (Lipinski definition) is 1. The Hall–Kier alpha value is -0.790. The maximum Gasteiger partial charge on any atom is 0.0490 e. The van der Waals surface area contributed by atoms with Crippen molar-refractivity contribution in [1.82, 2.24) is 10.2 Å². The van der Waals surface area contributed by atoms with Crippen LogP contribution in [0.4, 0.5) is 0 Å². The summed E-state index contributed by atoms with van der Waals surface area (Å²) < 4.78 is 0. The molecule has 1 rings (SSSR count). The highest BCUT2D eigenvalue weighted by atomic mass is 15.1. The highest BCUT2D eigenvalue weighted by molar-refractivity contribution is 4.97. The lowest BCUT2D eigenvalue weighted by molar-refractivity contribution is 0.414. The molecule has 13 heavy (non-hydrogen) atoms.